The molecule has 218 valence electrons. The van der Waals surface area contributed by atoms with Crippen LogP contribution < -0.4 is 0 Å². The third-order valence-corrected chi connectivity index (χ3v) is 7.23. The number of rotatable bonds is 31. The topological polar surface area (TPSA) is 58.9 Å². The predicted molar refractivity (Wildman–Crippen MR) is 156 cm³/mol. The Morgan fingerprint density at radius 2 is 0.667 bits per heavy atom. The Labute approximate surface area is 226 Å². The fourth-order valence-electron chi connectivity index (χ4n) is 4.75. The predicted octanol–water partition coefficient (Wildman–Crippen LogP) is 9.14. The molecule has 0 aliphatic heterocycles. The summed E-state index contributed by atoms with van der Waals surface area (Å²) in [5, 5.41) is 20.1. The number of hydrogen-bond donors (Lipinski definition) is 2. The molecule has 2 unspecified atom stereocenters. The Morgan fingerprint density at radius 1 is 0.389 bits per heavy atom. The van der Waals surface area contributed by atoms with Gasteiger partial charge in [-0.2, -0.15) is 0 Å². The first-order chi connectivity index (χ1) is 17.7. The van der Waals surface area contributed by atoms with Crippen molar-refractivity contribution in [3.05, 3.63) is 0 Å². The molecule has 0 aliphatic rings. The monoisotopic (exact) mass is 514 g/mol. The summed E-state index contributed by atoms with van der Waals surface area (Å²) >= 11 is 0. The minimum atomic E-state index is -0.323. The van der Waals surface area contributed by atoms with Crippen molar-refractivity contribution in [2.75, 3.05) is 26.4 Å². The Bertz CT molecular complexity index is 354. The highest BCUT2D eigenvalue weighted by atomic mass is 16.5. The SMILES string of the molecule is CCCCCCCCCCCCC(O)COCCCCOCC(O)CCCCCCCCCCCC. The lowest BCUT2D eigenvalue weighted by molar-refractivity contribution is 0.0165. The van der Waals surface area contributed by atoms with E-state index in [1.807, 2.05) is 0 Å². The van der Waals surface area contributed by atoms with Gasteiger partial charge in [0, 0.05) is 13.2 Å². The maximum atomic E-state index is 10.1. The van der Waals surface area contributed by atoms with Crippen molar-refractivity contribution in [1.82, 2.24) is 0 Å². The van der Waals surface area contributed by atoms with Crippen molar-refractivity contribution >= 4 is 0 Å². The van der Waals surface area contributed by atoms with Crippen molar-refractivity contribution in [2.24, 2.45) is 0 Å². The van der Waals surface area contributed by atoms with Crippen LogP contribution in [0.25, 0.3) is 0 Å². The van der Waals surface area contributed by atoms with E-state index in [0.717, 1.165) is 38.5 Å². The van der Waals surface area contributed by atoms with Crippen LogP contribution in [0.2, 0.25) is 0 Å². The largest absolute Gasteiger partial charge is 0.391 e. The quantitative estimate of drug-likeness (QED) is 0.0905. The van der Waals surface area contributed by atoms with Crippen molar-refractivity contribution in [3.63, 3.8) is 0 Å². The molecular formula is C32H66O4. The third-order valence-electron chi connectivity index (χ3n) is 7.23. The lowest BCUT2D eigenvalue weighted by atomic mass is 10.0. The molecule has 0 aliphatic carbocycles. The van der Waals surface area contributed by atoms with Crippen molar-refractivity contribution in [2.45, 2.75) is 180 Å². The molecule has 0 amide bonds. The van der Waals surface area contributed by atoms with Crippen LogP contribution in [-0.4, -0.2) is 48.8 Å². The lowest BCUT2D eigenvalue weighted by Crippen LogP contribution is -2.17. The second-order valence-electron chi connectivity index (χ2n) is 11.1. The van der Waals surface area contributed by atoms with Crippen LogP contribution in [0.5, 0.6) is 0 Å². The summed E-state index contributed by atoms with van der Waals surface area (Å²) in [6.07, 6.45) is 29.5. The highest BCUT2D eigenvalue weighted by Gasteiger charge is 2.06. The second kappa shape index (κ2) is 31.1. The second-order valence-corrected chi connectivity index (χ2v) is 11.1. The number of aliphatic hydroxyl groups excluding tert-OH is 2. The first kappa shape index (κ1) is 35.8. The molecule has 0 aromatic heterocycles. The lowest BCUT2D eigenvalue weighted by Gasteiger charge is -2.12. The van der Waals surface area contributed by atoms with Gasteiger partial charge in [-0.1, -0.05) is 142 Å². The summed E-state index contributed by atoms with van der Waals surface area (Å²) < 4.78 is 11.3. The highest BCUT2D eigenvalue weighted by Crippen LogP contribution is 2.13. The Hall–Kier alpha value is -0.160. The Kier molecular flexibility index (Phi) is 30.9. The third kappa shape index (κ3) is 30.1. The molecule has 0 saturated carbocycles. The van der Waals surface area contributed by atoms with Gasteiger partial charge in [-0.25, -0.2) is 0 Å². The molecule has 0 radical (unpaired) electrons. The van der Waals surface area contributed by atoms with E-state index in [4.69, 9.17) is 9.47 Å². The van der Waals surface area contributed by atoms with E-state index >= 15 is 0 Å². The van der Waals surface area contributed by atoms with Crippen molar-refractivity contribution in [1.29, 1.82) is 0 Å². The standard InChI is InChI=1S/C32H66O4/c1-3-5-7-9-11-13-15-17-19-21-25-31(33)29-35-27-23-24-28-36-30-32(34)26-22-20-18-16-14-12-10-8-6-4-2/h31-34H,3-30H2,1-2H3. The molecule has 0 heterocycles. The maximum Gasteiger partial charge on any atom is 0.0773 e. The van der Waals surface area contributed by atoms with Gasteiger partial charge in [-0.3, -0.25) is 0 Å². The van der Waals surface area contributed by atoms with Crippen LogP contribution in [0.1, 0.15) is 168 Å². The van der Waals surface area contributed by atoms with Gasteiger partial charge in [-0.05, 0) is 25.7 Å². The minimum Gasteiger partial charge on any atom is -0.391 e. The van der Waals surface area contributed by atoms with Gasteiger partial charge >= 0.3 is 0 Å². The van der Waals surface area contributed by atoms with Gasteiger partial charge in [-0.15, -0.1) is 0 Å². The molecule has 2 N–H and O–H groups in total. The molecule has 0 spiro atoms. The van der Waals surface area contributed by atoms with Crippen LogP contribution >= 0.6 is 0 Å². The van der Waals surface area contributed by atoms with Gasteiger partial charge in [0.2, 0.25) is 0 Å². The van der Waals surface area contributed by atoms with Crippen molar-refractivity contribution in [3.8, 4) is 0 Å². The summed E-state index contributed by atoms with van der Waals surface area (Å²) in [5.74, 6) is 0. The maximum absolute atomic E-state index is 10.1. The molecule has 0 saturated heterocycles. The summed E-state index contributed by atoms with van der Waals surface area (Å²) in [6.45, 7) is 6.80. The van der Waals surface area contributed by atoms with E-state index in [1.54, 1.807) is 0 Å². The van der Waals surface area contributed by atoms with Crippen LogP contribution in [0.3, 0.4) is 0 Å². The van der Waals surface area contributed by atoms with E-state index in [-0.39, 0.29) is 12.2 Å². The summed E-state index contributed by atoms with van der Waals surface area (Å²) in [5.41, 5.74) is 0. The fraction of sp³-hybridized carbons (Fsp3) is 1.00. The summed E-state index contributed by atoms with van der Waals surface area (Å²) in [7, 11) is 0. The molecule has 4 nitrogen and oxygen atoms in total. The number of ether oxygens (including phenoxy) is 2. The first-order valence-corrected chi connectivity index (χ1v) is 16.2. The molecule has 0 rings (SSSR count). The molecule has 2 atom stereocenters. The van der Waals surface area contributed by atoms with Crippen LogP contribution in [-0.2, 0) is 9.47 Å². The molecule has 0 aromatic carbocycles. The molecule has 0 bridgehead atoms. The smallest absolute Gasteiger partial charge is 0.0773 e. The summed E-state index contributed by atoms with van der Waals surface area (Å²) in [6, 6.07) is 0. The zero-order valence-corrected chi connectivity index (χ0v) is 24.7. The van der Waals surface area contributed by atoms with Crippen molar-refractivity contribution < 1.29 is 19.7 Å². The van der Waals surface area contributed by atoms with Gasteiger partial charge < -0.3 is 19.7 Å². The molecule has 36 heavy (non-hydrogen) atoms. The van der Waals surface area contributed by atoms with Gasteiger partial charge in [0.1, 0.15) is 0 Å². The Balaban J connectivity index is 3.24. The molecule has 4 heteroatoms. The summed E-state index contributed by atoms with van der Waals surface area (Å²) in [4.78, 5) is 0. The molecule has 0 fully saturated rings. The van der Waals surface area contributed by atoms with Gasteiger partial charge in [0.05, 0.1) is 25.4 Å². The zero-order valence-electron chi connectivity index (χ0n) is 24.7. The van der Waals surface area contributed by atoms with Crippen LogP contribution in [0, 0.1) is 0 Å². The molecular weight excluding hydrogens is 448 g/mol. The minimum absolute atomic E-state index is 0.323. The van der Waals surface area contributed by atoms with Gasteiger partial charge in [0.25, 0.3) is 0 Å². The van der Waals surface area contributed by atoms with E-state index in [0.29, 0.717) is 26.4 Å². The van der Waals surface area contributed by atoms with E-state index in [1.165, 1.54) is 116 Å². The first-order valence-electron chi connectivity index (χ1n) is 16.2. The normalized spacial score (nSPS) is 13.3. The van der Waals surface area contributed by atoms with E-state index in [2.05, 4.69) is 13.8 Å². The van der Waals surface area contributed by atoms with Crippen LogP contribution in [0.4, 0.5) is 0 Å². The average molecular weight is 515 g/mol. The molecule has 0 aromatic rings. The fourth-order valence-corrected chi connectivity index (χ4v) is 4.75. The number of aliphatic hydroxyl groups is 2. The van der Waals surface area contributed by atoms with E-state index in [9.17, 15) is 10.2 Å². The zero-order chi connectivity index (χ0) is 26.4. The van der Waals surface area contributed by atoms with Gasteiger partial charge in [0.15, 0.2) is 0 Å². The van der Waals surface area contributed by atoms with Crippen LogP contribution in [0.15, 0.2) is 0 Å². The van der Waals surface area contributed by atoms with E-state index < -0.39 is 0 Å². The number of hydrogen-bond acceptors (Lipinski definition) is 4. The Morgan fingerprint density at radius 3 is 0.972 bits per heavy atom. The average Bonchev–Trinajstić information content (AvgIpc) is 2.87. The highest BCUT2D eigenvalue weighted by molar-refractivity contribution is 4.57. The number of unbranched alkanes of at least 4 members (excludes halogenated alkanes) is 19.